The van der Waals surface area contributed by atoms with Crippen molar-refractivity contribution in [2.75, 3.05) is 13.7 Å². The Kier molecular flexibility index (Phi) is 5.64. The van der Waals surface area contributed by atoms with Crippen LogP contribution in [0.3, 0.4) is 0 Å². The van der Waals surface area contributed by atoms with Gasteiger partial charge in [0.1, 0.15) is 11.5 Å². The standard InChI is InChI=1S/C28H24N2O4/c1-34-21-12-13-23-22(16-21)20(17-29-23)14-15-30-25(18-8-4-2-5-9-18)24(27(32)28(30)33)26(31)19-10-6-3-7-11-19/h2-13,16-17,25,29,31H,14-15H2,1H3/t25-/m1/s1. The normalized spacial score (nSPS) is 17.4. The number of aromatic amines is 1. The van der Waals surface area contributed by atoms with E-state index in [1.807, 2.05) is 60.8 Å². The molecule has 1 fully saturated rings. The smallest absolute Gasteiger partial charge is 0.295 e. The highest BCUT2D eigenvalue weighted by Gasteiger charge is 2.45. The van der Waals surface area contributed by atoms with Gasteiger partial charge in [0.2, 0.25) is 0 Å². The van der Waals surface area contributed by atoms with E-state index >= 15 is 0 Å². The SMILES string of the molecule is COc1ccc2[nH]cc(CCN3C(=O)C(=O)C(=C(O)c4ccccc4)[C@H]3c3ccccc3)c2c1. The summed E-state index contributed by atoms with van der Waals surface area (Å²) >= 11 is 0. The van der Waals surface area contributed by atoms with Crippen LogP contribution in [0.5, 0.6) is 5.75 Å². The van der Waals surface area contributed by atoms with Crippen molar-refractivity contribution in [3.05, 3.63) is 107 Å². The topological polar surface area (TPSA) is 82.6 Å². The van der Waals surface area contributed by atoms with Crippen LogP contribution in [0, 0.1) is 0 Å². The van der Waals surface area contributed by atoms with Gasteiger partial charge >= 0.3 is 0 Å². The number of aromatic nitrogens is 1. The molecule has 6 heteroatoms. The number of carbonyl (C=O) groups excluding carboxylic acids is 2. The van der Waals surface area contributed by atoms with Gasteiger partial charge in [-0.05, 0) is 35.7 Å². The number of rotatable bonds is 6. The Bertz CT molecular complexity index is 1390. The number of amides is 1. The van der Waals surface area contributed by atoms with Crippen molar-refractivity contribution in [1.29, 1.82) is 0 Å². The largest absolute Gasteiger partial charge is 0.507 e. The molecule has 1 aliphatic heterocycles. The van der Waals surface area contributed by atoms with Crippen LogP contribution >= 0.6 is 0 Å². The number of nitrogens with zero attached hydrogens (tertiary/aromatic N) is 1. The van der Waals surface area contributed by atoms with Crippen LogP contribution in [0.1, 0.15) is 22.7 Å². The number of ketones is 1. The molecule has 0 saturated carbocycles. The molecule has 1 aliphatic rings. The zero-order valence-corrected chi connectivity index (χ0v) is 18.7. The highest BCUT2D eigenvalue weighted by molar-refractivity contribution is 6.46. The van der Waals surface area contributed by atoms with Crippen LogP contribution in [-0.2, 0) is 16.0 Å². The Morgan fingerprint density at radius 2 is 1.71 bits per heavy atom. The number of aliphatic hydroxyl groups is 1. The Hall–Kier alpha value is -4.32. The van der Waals surface area contributed by atoms with Gasteiger partial charge in [-0.2, -0.15) is 0 Å². The van der Waals surface area contributed by atoms with E-state index < -0.39 is 17.7 Å². The third-order valence-corrected chi connectivity index (χ3v) is 6.30. The van der Waals surface area contributed by atoms with Crippen molar-refractivity contribution < 1.29 is 19.4 Å². The van der Waals surface area contributed by atoms with Gasteiger partial charge in [-0.15, -0.1) is 0 Å². The summed E-state index contributed by atoms with van der Waals surface area (Å²) in [5, 5.41) is 12.1. The molecular formula is C28H24N2O4. The number of hydrogen-bond acceptors (Lipinski definition) is 4. The molecule has 4 aromatic rings. The lowest BCUT2D eigenvalue weighted by Gasteiger charge is -2.25. The minimum Gasteiger partial charge on any atom is -0.507 e. The van der Waals surface area contributed by atoms with E-state index in [9.17, 15) is 14.7 Å². The molecule has 1 atom stereocenters. The quantitative estimate of drug-likeness (QED) is 0.249. The second-order valence-corrected chi connectivity index (χ2v) is 8.24. The van der Waals surface area contributed by atoms with Gasteiger partial charge < -0.3 is 19.7 Å². The van der Waals surface area contributed by atoms with Gasteiger partial charge in [0.25, 0.3) is 11.7 Å². The Morgan fingerprint density at radius 3 is 2.41 bits per heavy atom. The van der Waals surface area contributed by atoms with Crippen molar-refractivity contribution in [1.82, 2.24) is 9.88 Å². The lowest BCUT2D eigenvalue weighted by Crippen LogP contribution is -2.31. The van der Waals surface area contributed by atoms with E-state index in [-0.39, 0.29) is 11.3 Å². The molecule has 2 N–H and O–H groups in total. The number of aliphatic hydroxyl groups excluding tert-OH is 1. The minimum atomic E-state index is -0.671. The molecule has 0 aliphatic carbocycles. The summed E-state index contributed by atoms with van der Waals surface area (Å²) in [6.07, 6.45) is 2.46. The number of H-pyrrole nitrogens is 1. The fraction of sp³-hybridized carbons (Fsp3) is 0.143. The molecule has 0 unspecified atom stereocenters. The Balaban J connectivity index is 1.54. The average molecular weight is 453 g/mol. The van der Waals surface area contributed by atoms with Gasteiger partial charge in [0.05, 0.1) is 18.7 Å². The molecule has 2 heterocycles. The lowest BCUT2D eigenvalue weighted by atomic mass is 9.95. The highest BCUT2D eigenvalue weighted by Crippen LogP contribution is 2.39. The van der Waals surface area contributed by atoms with Crippen molar-refractivity contribution >= 4 is 28.4 Å². The van der Waals surface area contributed by atoms with Crippen LogP contribution in [0.25, 0.3) is 16.7 Å². The summed E-state index contributed by atoms with van der Waals surface area (Å²) in [6, 6.07) is 23.3. The summed E-state index contributed by atoms with van der Waals surface area (Å²) in [5.74, 6) is -0.687. The number of carbonyl (C=O) groups is 2. The predicted octanol–water partition coefficient (Wildman–Crippen LogP) is 4.84. The van der Waals surface area contributed by atoms with Crippen LogP contribution in [0.2, 0.25) is 0 Å². The molecule has 1 aromatic heterocycles. The maximum absolute atomic E-state index is 13.2. The van der Waals surface area contributed by atoms with Gasteiger partial charge in [0, 0.05) is 29.2 Å². The van der Waals surface area contributed by atoms with Crippen molar-refractivity contribution in [3.63, 3.8) is 0 Å². The first-order valence-electron chi connectivity index (χ1n) is 11.1. The van der Waals surface area contributed by atoms with Crippen molar-refractivity contribution in [2.24, 2.45) is 0 Å². The lowest BCUT2D eigenvalue weighted by molar-refractivity contribution is -0.139. The summed E-state index contributed by atoms with van der Waals surface area (Å²) in [4.78, 5) is 31.1. The molecule has 0 radical (unpaired) electrons. The third-order valence-electron chi connectivity index (χ3n) is 6.30. The maximum atomic E-state index is 13.2. The average Bonchev–Trinajstić information content (AvgIpc) is 3.40. The second kappa shape index (κ2) is 8.90. The van der Waals surface area contributed by atoms with Crippen LogP contribution in [0.4, 0.5) is 0 Å². The molecular weight excluding hydrogens is 428 g/mol. The number of nitrogens with one attached hydrogen (secondary N) is 1. The molecule has 5 rings (SSSR count). The van der Waals surface area contributed by atoms with E-state index in [2.05, 4.69) is 4.98 Å². The Morgan fingerprint density at radius 1 is 1.00 bits per heavy atom. The first kappa shape index (κ1) is 21.5. The van der Waals surface area contributed by atoms with Gasteiger partial charge in [-0.25, -0.2) is 0 Å². The minimum absolute atomic E-state index is 0.114. The van der Waals surface area contributed by atoms with Crippen molar-refractivity contribution in [3.8, 4) is 5.75 Å². The number of ether oxygens (including phenoxy) is 1. The number of likely N-dealkylation sites (tertiary alicyclic amines) is 1. The predicted molar refractivity (Wildman–Crippen MR) is 130 cm³/mol. The van der Waals surface area contributed by atoms with Crippen LogP contribution < -0.4 is 4.74 Å². The zero-order chi connectivity index (χ0) is 23.7. The summed E-state index contributed by atoms with van der Waals surface area (Å²) in [7, 11) is 1.62. The first-order valence-corrected chi connectivity index (χ1v) is 11.1. The Labute approximate surface area is 197 Å². The number of methoxy groups -OCH3 is 1. The first-order chi connectivity index (χ1) is 16.6. The van der Waals surface area contributed by atoms with E-state index in [4.69, 9.17) is 4.74 Å². The summed E-state index contributed by atoms with van der Waals surface area (Å²) in [5.41, 5.74) is 3.39. The number of fused-ring (bicyclic) bond motifs is 1. The van der Waals surface area contributed by atoms with Gasteiger partial charge in [-0.1, -0.05) is 60.7 Å². The molecule has 0 spiro atoms. The fourth-order valence-electron chi connectivity index (χ4n) is 4.58. The maximum Gasteiger partial charge on any atom is 0.295 e. The molecule has 1 amide bonds. The molecule has 170 valence electrons. The molecule has 1 saturated heterocycles. The molecule has 6 nitrogen and oxygen atoms in total. The van der Waals surface area contributed by atoms with E-state index in [0.29, 0.717) is 18.5 Å². The summed E-state index contributed by atoms with van der Waals surface area (Å²) in [6.45, 7) is 0.319. The van der Waals surface area contributed by atoms with E-state index in [1.54, 1.807) is 36.3 Å². The van der Waals surface area contributed by atoms with E-state index in [0.717, 1.165) is 27.8 Å². The highest BCUT2D eigenvalue weighted by atomic mass is 16.5. The van der Waals surface area contributed by atoms with E-state index in [1.165, 1.54) is 0 Å². The monoisotopic (exact) mass is 452 g/mol. The number of Topliss-reactive ketones (excluding diaryl/α,β-unsaturated/α-hetero) is 1. The fourth-order valence-corrected chi connectivity index (χ4v) is 4.58. The third kappa shape index (κ3) is 3.73. The summed E-state index contributed by atoms with van der Waals surface area (Å²) < 4.78 is 5.36. The van der Waals surface area contributed by atoms with Crippen molar-refractivity contribution in [2.45, 2.75) is 12.5 Å². The molecule has 3 aromatic carbocycles. The second-order valence-electron chi connectivity index (χ2n) is 8.24. The molecule has 0 bridgehead atoms. The van der Waals surface area contributed by atoms with Crippen LogP contribution in [-0.4, -0.2) is 40.3 Å². The number of benzene rings is 3. The van der Waals surface area contributed by atoms with Crippen LogP contribution in [0.15, 0.2) is 90.6 Å². The molecule has 34 heavy (non-hydrogen) atoms. The zero-order valence-electron chi connectivity index (χ0n) is 18.7. The number of hydrogen-bond donors (Lipinski definition) is 2. The van der Waals surface area contributed by atoms with Gasteiger partial charge in [-0.3, -0.25) is 9.59 Å². The van der Waals surface area contributed by atoms with Gasteiger partial charge in [0.15, 0.2) is 0 Å².